The molecule has 0 fully saturated rings. The van der Waals surface area contributed by atoms with Crippen LogP contribution in [0.25, 0.3) is 6.08 Å². The average Bonchev–Trinajstić information content (AvgIpc) is 2.51. The standard InChI is InChI=1S/C18H20O3S/c1-3-4-5-6-18(20)22-14-13-21-17(19)12-11-16-9-7-15(2)8-10-16/h3-12H,13-14H2,1-2H3. The fourth-order valence-electron chi connectivity index (χ4n) is 1.47. The van der Waals surface area contributed by atoms with Gasteiger partial charge in [-0.25, -0.2) is 4.79 Å². The minimum atomic E-state index is -0.405. The fraction of sp³-hybridized carbons (Fsp3) is 0.222. The molecule has 0 spiro atoms. The highest BCUT2D eigenvalue weighted by molar-refractivity contribution is 8.14. The molecule has 0 aromatic heterocycles. The molecule has 0 bridgehead atoms. The molecule has 0 saturated carbocycles. The maximum atomic E-state index is 11.5. The second-order valence-electron chi connectivity index (χ2n) is 4.46. The van der Waals surface area contributed by atoms with Crippen LogP contribution in [0.1, 0.15) is 18.1 Å². The van der Waals surface area contributed by atoms with Crippen LogP contribution >= 0.6 is 11.8 Å². The Hall–Kier alpha value is -2.07. The number of benzene rings is 1. The van der Waals surface area contributed by atoms with Gasteiger partial charge < -0.3 is 4.74 Å². The van der Waals surface area contributed by atoms with Gasteiger partial charge >= 0.3 is 5.97 Å². The molecule has 116 valence electrons. The van der Waals surface area contributed by atoms with Crippen molar-refractivity contribution in [3.05, 3.63) is 65.8 Å². The molecule has 4 heteroatoms. The van der Waals surface area contributed by atoms with Gasteiger partial charge in [-0.05, 0) is 31.6 Å². The summed E-state index contributed by atoms with van der Waals surface area (Å²) in [6.07, 6.45) is 9.91. The van der Waals surface area contributed by atoms with Crippen molar-refractivity contribution in [2.75, 3.05) is 12.4 Å². The van der Waals surface area contributed by atoms with E-state index < -0.39 is 5.97 Å². The summed E-state index contributed by atoms with van der Waals surface area (Å²) >= 11 is 1.12. The molecule has 0 atom stereocenters. The van der Waals surface area contributed by atoms with E-state index in [2.05, 4.69) is 0 Å². The van der Waals surface area contributed by atoms with Gasteiger partial charge in [0.05, 0.1) is 0 Å². The summed E-state index contributed by atoms with van der Waals surface area (Å²) in [6, 6.07) is 7.83. The lowest BCUT2D eigenvalue weighted by molar-refractivity contribution is -0.137. The minimum Gasteiger partial charge on any atom is -0.462 e. The first-order chi connectivity index (χ1) is 10.6. The van der Waals surface area contributed by atoms with Gasteiger partial charge in [-0.3, -0.25) is 4.79 Å². The first-order valence-electron chi connectivity index (χ1n) is 6.99. The zero-order valence-electron chi connectivity index (χ0n) is 12.8. The Morgan fingerprint density at radius 1 is 1.14 bits per heavy atom. The summed E-state index contributed by atoms with van der Waals surface area (Å²) in [4.78, 5) is 22.9. The SMILES string of the molecule is CC=CC=CC(=O)SCCOC(=O)C=Cc1ccc(C)cc1. The normalized spacial score (nSPS) is 11.5. The van der Waals surface area contributed by atoms with Gasteiger partial charge in [-0.15, -0.1) is 0 Å². The summed E-state index contributed by atoms with van der Waals surface area (Å²) in [7, 11) is 0. The fourth-order valence-corrected chi connectivity index (χ4v) is 2.01. The third-order valence-corrected chi connectivity index (χ3v) is 3.39. The van der Waals surface area contributed by atoms with E-state index in [1.807, 2.05) is 44.2 Å². The molecular formula is C18H20O3S. The Morgan fingerprint density at radius 2 is 1.86 bits per heavy atom. The van der Waals surface area contributed by atoms with Crippen LogP contribution in [0.4, 0.5) is 0 Å². The molecule has 0 N–H and O–H groups in total. The summed E-state index contributed by atoms with van der Waals surface area (Å²) in [5, 5.41) is -0.0515. The van der Waals surface area contributed by atoms with E-state index in [0.29, 0.717) is 5.75 Å². The Bertz CT molecular complexity index is 568. The highest BCUT2D eigenvalue weighted by Gasteiger charge is 2.00. The quantitative estimate of drug-likeness (QED) is 0.331. The minimum absolute atomic E-state index is 0.0515. The van der Waals surface area contributed by atoms with Crippen LogP contribution in [-0.2, 0) is 14.3 Å². The summed E-state index contributed by atoms with van der Waals surface area (Å²) in [5.41, 5.74) is 2.12. The molecule has 0 amide bonds. The molecule has 1 aromatic rings. The van der Waals surface area contributed by atoms with Gasteiger partial charge in [-0.2, -0.15) is 0 Å². The monoisotopic (exact) mass is 316 g/mol. The summed E-state index contributed by atoms with van der Waals surface area (Å²) in [6.45, 7) is 4.10. The Morgan fingerprint density at radius 3 is 2.55 bits per heavy atom. The van der Waals surface area contributed by atoms with E-state index in [1.165, 1.54) is 17.7 Å². The molecule has 0 aliphatic heterocycles. The topological polar surface area (TPSA) is 43.4 Å². The smallest absolute Gasteiger partial charge is 0.330 e. The number of aryl methyl sites for hydroxylation is 1. The summed E-state index contributed by atoms with van der Waals surface area (Å²) < 4.78 is 5.03. The number of ether oxygens (including phenoxy) is 1. The summed E-state index contributed by atoms with van der Waals surface area (Å²) in [5.74, 6) is 0.0430. The maximum absolute atomic E-state index is 11.5. The van der Waals surface area contributed by atoms with Crippen molar-refractivity contribution in [3.8, 4) is 0 Å². The van der Waals surface area contributed by atoms with Crippen molar-refractivity contribution < 1.29 is 14.3 Å². The molecule has 0 aliphatic carbocycles. The number of carbonyl (C=O) groups excluding carboxylic acids is 2. The Kier molecular flexibility index (Phi) is 8.69. The number of carbonyl (C=O) groups is 2. The van der Waals surface area contributed by atoms with E-state index in [9.17, 15) is 9.59 Å². The maximum Gasteiger partial charge on any atom is 0.330 e. The molecular weight excluding hydrogens is 296 g/mol. The van der Waals surface area contributed by atoms with Gasteiger partial charge in [-0.1, -0.05) is 59.8 Å². The number of hydrogen-bond acceptors (Lipinski definition) is 4. The van der Waals surface area contributed by atoms with Crippen LogP contribution in [0.15, 0.2) is 54.6 Å². The lowest BCUT2D eigenvalue weighted by Crippen LogP contribution is -2.05. The van der Waals surface area contributed by atoms with E-state index >= 15 is 0 Å². The Balaban J connectivity index is 2.23. The molecule has 0 unspecified atom stereocenters. The molecule has 0 aliphatic rings. The van der Waals surface area contributed by atoms with Gasteiger partial charge in [0.2, 0.25) is 5.12 Å². The molecule has 0 saturated heterocycles. The van der Waals surface area contributed by atoms with E-state index in [4.69, 9.17) is 4.74 Å². The molecule has 1 rings (SSSR count). The van der Waals surface area contributed by atoms with Crippen molar-refractivity contribution in [2.45, 2.75) is 13.8 Å². The number of rotatable bonds is 7. The van der Waals surface area contributed by atoms with Crippen LogP contribution in [0.3, 0.4) is 0 Å². The predicted molar refractivity (Wildman–Crippen MR) is 92.6 cm³/mol. The van der Waals surface area contributed by atoms with E-state index in [0.717, 1.165) is 17.3 Å². The predicted octanol–water partition coefficient (Wildman–Crippen LogP) is 3.94. The number of thioether (sulfide) groups is 1. The van der Waals surface area contributed by atoms with Crippen molar-refractivity contribution >= 4 is 28.9 Å². The van der Waals surface area contributed by atoms with Gasteiger partial charge in [0.25, 0.3) is 0 Å². The zero-order valence-corrected chi connectivity index (χ0v) is 13.6. The van der Waals surface area contributed by atoms with Crippen LogP contribution in [-0.4, -0.2) is 23.4 Å². The van der Waals surface area contributed by atoms with Crippen molar-refractivity contribution in [1.29, 1.82) is 0 Å². The van der Waals surface area contributed by atoms with Crippen LogP contribution in [0, 0.1) is 6.92 Å². The first-order valence-corrected chi connectivity index (χ1v) is 7.98. The third kappa shape index (κ3) is 8.27. The molecule has 3 nitrogen and oxygen atoms in total. The highest BCUT2D eigenvalue weighted by Crippen LogP contribution is 2.06. The van der Waals surface area contributed by atoms with Crippen molar-refractivity contribution in [2.24, 2.45) is 0 Å². The largest absolute Gasteiger partial charge is 0.462 e. The third-order valence-electron chi connectivity index (χ3n) is 2.60. The second-order valence-corrected chi connectivity index (χ2v) is 5.56. The van der Waals surface area contributed by atoms with Crippen molar-refractivity contribution in [3.63, 3.8) is 0 Å². The zero-order chi connectivity index (χ0) is 16.2. The van der Waals surface area contributed by atoms with Gasteiger partial charge in [0, 0.05) is 11.8 Å². The van der Waals surface area contributed by atoms with Crippen LogP contribution in [0.5, 0.6) is 0 Å². The van der Waals surface area contributed by atoms with Gasteiger partial charge in [0.1, 0.15) is 6.61 Å². The van der Waals surface area contributed by atoms with Gasteiger partial charge in [0.15, 0.2) is 0 Å². The average molecular weight is 316 g/mol. The lowest BCUT2D eigenvalue weighted by atomic mass is 10.1. The molecule has 1 aromatic carbocycles. The van der Waals surface area contributed by atoms with E-state index in [1.54, 1.807) is 18.2 Å². The molecule has 22 heavy (non-hydrogen) atoms. The number of esters is 1. The molecule has 0 heterocycles. The second kappa shape index (κ2) is 10.6. The lowest BCUT2D eigenvalue weighted by Gasteiger charge is -2.00. The molecule has 0 radical (unpaired) electrons. The Labute approximate surface area is 135 Å². The number of hydrogen-bond donors (Lipinski definition) is 0. The highest BCUT2D eigenvalue weighted by atomic mass is 32.2. The van der Waals surface area contributed by atoms with E-state index in [-0.39, 0.29) is 11.7 Å². The van der Waals surface area contributed by atoms with Crippen LogP contribution in [0.2, 0.25) is 0 Å². The first kappa shape index (κ1) is 18.0. The van der Waals surface area contributed by atoms with Crippen LogP contribution < -0.4 is 0 Å². The number of allylic oxidation sites excluding steroid dienone is 3. The van der Waals surface area contributed by atoms with Crippen molar-refractivity contribution in [1.82, 2.24) is 0 Å².